The Morgan fingerprint density at radius 3 is 2.58 bits per heavy atom. The zero-order valence-corrected chi connectivity index (χ0v) is 8.54. The first kappa shape index (κ1) is 11.5. The fraction of sp³-hybridized carbons (Fsp3) is 1.00. The van der Waals surface area contributed by atoms with Gasteiger partial charge in [-0.25, -0.2) is 10.4 Å². The molecular formula is C8H20N4. The number of nitrogens with one attached hydrogen (secondary N) is 1. The van der Waals surface area contributed by atoms with E-state index in [1.807, 2.05) is 26.0 Å². The summed E-state index contributed by atoms with van der Waals surface area (Å²) in [6.45, 7) is 4.97. The van der Waals surface area contributed by atoms with Gasteiger partial charge in [0.25, 0.3) is 0 Å². The molecule has 12 heavy (non-hydrogen) atoms. The maximum Gasteiger partial charge on any atom is 0.130 e. The lowest BCUT2D eigenvalue weighted by molar-refractivity contribution is 0.249. The highest BCUT2D eigenvalue weighted by Gasteiger charge is 1.96. The van der Waals surface area contributed by atoms with Crippen LogP contribution in [0.1, 0.15) is 26.7 Å². The quantitative estimate of drug-likeness (QED) is 0.376. The van der Waals surface area contributed by atoms with Gasteiger partial charge in [0.05, 0.1) is 6.54 Å². The molecule has 0 rings (SSSR count). The molecule has 0 aliphatic carbocycles. The maximum atomic E-state index is 4.07. The molecule has 0 aliphatic heterocycles. The second kappa shape index (κ2) is 7.18. The van der Waals surface area contributed by atoms with Crippen LogP contribution in [0.15, 0.2) is 10.2 Å². The second-order valence-electron chi connectivity index (χ2n) is 3.03. The summed E-state index contributed by atoms with van der Waals surface area (Å²) in [5, 5.41) is 10.0. The first-order chi connectivity index (χ1) is 5.66. The summed E-state index contributed by atoms with van der Waals surface area (Å²) >= 11 is 0. The van der Waals surface area contributed by atoms with Crippen molar-refractivity contribution in [3.63, 3.8) is 0 Å². The molecule has 1 atom stereocenters. The lowest BCUT2D eigenvalue weighted by Gasteiger charge is -2.14. The third kappa shape index (κ3) is 7.63. The van der Waals surface area contributed by atoms with Crippen molar-refractivity contribution in [3.8, 4) is 0 Å². The zero-order valence-electron chi connectivity index (χ0n) is 8.54. The standard InChI is InChI=1S/C8H20N4/c1-5-6-7-9-10-8(2)11-12(3)4/h8,11H,5-7H2,1-4H3/t8-/m1/s1. The van der Waals surface area contributed by atoms with Gasteiger partial charge in [-0.2, -0.15) is 10.2 Å². The smallest absolute Gasteiger partial charge is 0.130 e. The van der Waals surface area contributed by atoms with E-state index in [0.29, 0.717) is 0 Å². The summed E-state index contributed by atoms with van der Waals surface area (Å²) in [7, 11) is 3.89. The van der Waals surface area contributed by atoms with Gasteiger partial charge >= 0.3 is 0 Å². The summed E-state index contributed by atoms with van der Waals surface area (Å²) < 4.78 is 0. The molecule has 0 aliphatic rings. The SMILES string of the molecule is CCCCN=N[C@@H](C)NN(C)C. The number of unbranched alkanes of at least 4 members (excludes halogenated alkanes) is 1. The van der Waals surface area contributed by atoms with Crippen molar-refractivity contribution in [1.29, 1.82) is 0 Å². The molecule has 0 radical (unpaired) electrons. The maximum absolute atomic E-state index is 4.07. The van der Waals surface area contributed by atoms with E-state index in [1.54, 1.807) is 0 Å². The molecule has 0 fully saturated rings. The van der Waals surface area contributed by atoms with Crippen molar-refractivity contribution >= 4 is 0 Å². The third-order valence-electron chi connectivity index (χ3n) is 1.31. The Morgan fingerprint density at radius 2 is 2.08 bits per heavy atom. The van der Waals surface area contributed by atoms with Crippen molar-refractivity contribution < 1.29 is 0 Å². The largest absolute Gasteiger partial charge is 0.249 e. The molecule has 4 nitrogen and oxygen atoms in total. The Bertz CT molecular complexity index is 122. The number of hydrogen-bond donors (Lipinski definition) is 1. The zero-order chi connectivity index (χ0) is 9.40. The van der Waals surface area contributed by atoms with Gasteiger partial charge in [0.2, 0.25) is 0 Å². The number of hydrogen-bond acceptors (Lipinski definition) is 4. The van der Waals surface area contributed by atoms with Gasteiger partial charge in [-0.15, -0.1) is 0 Å². The monoisotopic (exact) mass is 172 g/mol. The van der Waals surface area contributed by atoms with Gasteiger partial charge in [0, 0.05) is 14.1 Å². The molecule has 0 aromatic heterocycles. The van der Waals surface area contributed by atoms with Gasteiger partial charge in [-0.1, -0.05) is 13.3 Å². The highest BCUT2D eigenvalue weighted by Crippen LogP contribution is 1.91. The van der Waals surface area contributed by atoms with Gasteiger partial charge in [-0.3, -0.25) is 0 Å². The van der Waals surface area contributed by atoms with E-state index in [4.69, 9.17) is 0 Å². The predicted octanol–water partition coefficient (Wildman–Crippen LogP) is 1.65. The van der Waals surface area contributed by atoms with E-state index < -0.39 is 0 Å². The number of nitrogens with zero attached hydrogens (tertiary/aromatic N) is 3. The molecule has 0 aromatic rings. The summed E-state index contributed by atoms with van der Waals surface area (Å²) in [6.07, 6.45) is 2.38. The summed E-state index contributed by atoms with van der Waals surface area (Å²) in [6, 6.07) is 0. The van der Waals surface area contributed by atoms with Gasteiger partial charge in [0.15, 0.2) is 0 Å². The highest BCUT2D eigenvalue weighted by atomic mass is 15.5. The Balaban J connectivity index is 3.40. The molecule has 0 bridgehead atoms. The van der Waals surface area contributed by atoms with Crippen LogP contribution in [0.2, 0.25) is 0 Å². The molecule has 0 unspecified atom stereocenters. The van der Waals surface area contributed by atoms with Crippen LogP contribution < -0.4 is 5.43 Å². The average Bonchev–Trinajstić information content (AvgIpc) is 1.97. The first-order valence-corrected chi connectivity index (χ1v) is 4.47. The summed E-state index contributed by atoms with van der Waals surface area (Å²) in [5.41, 5.74) is 3.09. The lowest BCUT2D eigenvalue weighted by Crippen LogP contribution is -2.36. The highest BCUT2D eigenvalue weighted by molar-refractivity contribution is 4.49. The van der Waals surface area contributed by atoms with E-state index in [-0.39, 0.29) is 6.17 Å². The van der Waals surface area contributed by atoms with Gasteiger partial charge in [0.1, 0.15) is 6.17 Å². The van der Waals surface area contributed by atoms with Gasteiger partial charge < -0.3 is 0 Å². The Labute approximate surface area is 75.0 Å². The van der Waals surface area contributed by atoms with E-state index in [0.717, 1.165) is 13.0 Å². The van der Waals surface area contributed by atoms with Crippen LogP contribution in [0.5, 0.6) is 0 Å². The van der Waals surface area contributed by atoms with E-state index in [9.17, 15) is 0 Å². The molecule has 0 amide bonds. The molecule has 0 aromatic carbocycles. The number of hydrazine groups is 1. The van der Waals surface area contributed by atoms with E-state index in [1.165, 1.54) is 6.42 Å². The molecule has 0 saturated heterocycles. The summed E-state index contributed by atoms with van der Waals surface area (Å²) in [5.74, 6) is 0. The molecule has 0 spiro atoms. The van der Waals surface area contributed by atoms with Crippen LogP contribution in [0, 0.1) is 0 Å². The average molecular weight is 172 g/mol. The van der Waals surface area contributed by atoms with Crippen LogP contribution >= 0.6 is 0 Å². The number of azo groups is 1. The Kier molecular flexibility index (Phi) is 6.90. The molecule has 1 N–H and O–H groups in total. The fourth-order valence-corrected chi connectivity index (χ4v) is 0.809. The second-order valence-corrected chi connectivity index (χ2v) is 3.03. The van der Waals surface area contributed by atoms with E-state index >= 15 is 0 Å². The topological polar surface area (TPSA) is 40.0 Å². The van der Waals surface area contributed by atoms with Crippen molar-refractivity contribution in [2.75, 3.05) is 20.6 Å². The minimum atomic E-state index is 0.0804. The Hall–Kier alpha value is -0.480. The molecule has 72 valence electrons. The molecule has 0 saturated carbocycles. The summed E-state index contributed by atoms with van der Waals surface area (Å²) in [4.78, 5) is 0. The minimum Gasteiger partial charge on any atom is -0.249 e. The fourth-order valence-electron chi connectivity index (χ4n) is 0.809. The lowest BCUT2D eigenvalue weighted by atomic mass is 10.3. The normalized spacial score (nSPS) is 14.4. The van der Waals surface area contributed by atoms with Crippen LogP contribution in [0.25, 0.3) is 0 Å². The number of rotatable bonds is 6. The minimum absolute atomic E-state index is 0.0804. The predicted molar refractivity (Wildman–Crippen MR) is 50.9 cm³/mol. The molecular weight excluding hydrogens is 152 g/mol. The Morgan fingerprint density at radius 1 is 1.42 bits per heavy atom. The van der Waals surface area contributed by atoms with Crippen LogP contribution in [-0.4, -0.2) is 31.8 Å². The van der Waals surface area contributed by atoms with Crippen molar-refractivity contribution in [3.05, 3.63) is 0 Å². The van der Waals surface area contributed by atoms with Crippen molar-refractivity contribution in [2.45, 2.75) is 32.9 Å². The van der Waals surface area contributed by atoms with Crippen LogP contribution in [-0.2, 0) is 0 Å². The van der Waals surface area contributed by atoms with Crippen LogP contribution in [0.3, 0.4) is 0 Å². The van der Waals surface area contributed by atoms with Crippen molar-refractivity contribution in [1.82, 2.24) is 10.4 Å². The van der Waals surface area contributed by atoms with E-state index in [2.05, 4.69) is 22.6 Å². The molecule has 4 heteroatoms. The molecule has 0 heterocycles. The first-order valence-electron chi connectivity index (χ1n) is 4.47. The van der Waals surface area contributed by atoms with Crippen molar-refractivity contribution in [2.24, 2.45) is 10.2 Å². The van der Waals surface area contributed by atoms with Crippen LogP contribution in [0.4, 0.5) is 0 Å². The third-order valence-corrected chi connectivity index (χ3v) is 1.31. The van der Waals surface area contributed by atoms with Gasteiger partial charge in [-0.05, 0) is 13.3 Å².